The van der Waals surface area contributed by atoms with Crippen LogP contribution in [0.15, 0.2) is 48.8 Å². The van der Waals surface area contributed by atoms with Crippen LogP contribution in [-0.2, 0) is 16.6 Å². The van der Waals surface area contributed by atoms with Crippen molar-refractivity contribution in [2.24, 2.45) is 17.8 Å². The van der Waals surface area contributed by atoms with Crippen molar-refractivity contribution in [3.63, 3.8) is 0 Å². The molecule has 4 atom stereocenters. The molecular formula is C23H21N5O. The number of benzene rings is 1. The number of carbonyl (C=O) groups is 1. The summed E-state index contributed by atoms with van der Waals surface area (Å²) in [5, 5.41) is 25.7. The molecule has 1 fully saturated rings. The molecule has 2 heterocycles. The molecule has 0 spiro atoms. The molecule has 0 bridgehead atoms. The summed E-state index contributed by atoms with van der Waals surface area (Å²) in [7, 11) is 0. The van der Waals surface area contributed by atoms with E-state index in [0.29, 0.717) is 6.42 Å². The van der Waals surface area contributed by atoms with Crippen molar-refractivity contribution in [2.45, 2.75) is 31.6 Å². The van der Waals surface area contributed by atoms with Crippen molar-refractivity contribution in [1.29, 1.82) is 5.26 Å². The zero-order chi connectivity index (χ0) is 20.0. The van der Waals surface area contributed by atoms with Gasteiger partial charge in [0.2, 0.25) is 0 Å². The van der Waals surface area contributed by atoms with Crippen molar-refractivity contribution in [3.05, 3.63) is 65.6 Å². The van der Waals surface area contributed by atoms with Crippen LogP contribution in [-0.4, -0.2) is 26.2 Å². The second kappa shape index (κ2) is 6.63. The van der Waals surface area contributed by atoms with Gasteiger partial charge < -0.3 is 0 Å². The Morgan fingerprint density at radius 1 is 1.21 bits per heavy atom. The lowest BCUT2D eigenvalue weighted by atomic mass is 9.51. The summed E-state index contributed by atoms with van der Waals surface area (Å²) in [6, 6.07) is 14.5. The van der Waals surface area contributed by atoms with Gasteiger partial charge in [-0.1, -0.05) is 37.3 Å². The number of fused-ring (bicyclic) bond motifs is 3. The second-order valence-corrected chi connectivity index (χ2v) is 8.12. The quantitative estimate of drug-likeness (QED) is 0.731. The minimum atomic E-state index is -0.616. The molecule has 1 N–H and O–H groups in total. The highest BCUT2D eigenvalue weighted by molar-refractivity contribution is 5.87. The maximum Gasteiger partial charge on any atom is 0.153 e. The monoisotopic (exact) mass is 383 g/mol. The molecule has 1 unspecified atom stereocenters. The normalized spacial score (nSPS) is 28.3. The van der Waals surface area contributed by atoms with E-state index in [2.05, 4.69) is 33.5 Å². The number of nitrogens with zero attached hydrogens (tertiary/aromatic N) is 4. The van der Waals surface area contributed by atoms with Gasteiger partial charge in [0, 0.05) is 22.5 Å². The van der Waals surface area contributed by atoms with Gasteiger partial charge in [0.15, 0.2) is 5.78 Å². The Kier molecular flexibility index (Phi) is 4.06. The van der Waals surface area contributed by atoms with E-state index in [-0.39, 0.29) is 17.6 Å². The van der Waals surface area contributed by atoms with Crippen LogP contribution in [0.5, 0.6) is 0 Å². The molecule has 144 valence electrons. The second-order valence-electron chi connectivity index (χ2n) is 8.12. The molecule has 6 nitrogen and oxygen atoms in total. The summed E-state index contributed by atoms with van der Waals surface area (Å²) >= 11 is 0. The predicted octanol–water partition coefficient (Wildman–Crippen LogP) is 3.46. The fraction of sp³-hybridized carbons (Fsp3) is 0.348. The Labute approximate surface area is 169 Å². The number of carbonyl (C=O) groups excluding carboxylic acids is 1. The maximum atomic E-state index is 12.9. The first-order valence-corrected chi connectivity index (χ1v) is 10.0. The summed E-state index contributed by atoms with van der Waals surface area (Å²) in [5.41, 5.74) is 4.74. The minimum absolute atomic E-state index is 0.0709. The van der Waals surface area contributed by atoms with Gasteiger partial charge in [0.05, 0.1) is 29.9 Å². The van der Waals surface area contributed by atoms with Crippen LogP contribution in [0, 0.1) is 29.1 Å². The molecule has 3 aromatic rings. The van der Waals surface area contributed by atoms with E-state index < -0.39 is 11.3 Å². The van der Waals surface area contributed by atoms with Gasteiger partial charge in [-0.3, -0.25) is 9.89 Å². The largest absolute Gasteiger partial charge is 0.298 e. The van der Waals surface area contributed by atoms with Crippen LogP contribution in [0.2, 0.25) is 0 Å². The number of hydrogen-bond acceptors (Lipinski definition) is 5. The van der Waals surface area contributed by atoms with Crippen LogP contribution in [0.4, 0.5) is 0 Å². The van der Waals surface area contributed by atoms with Gasteiger partial charge in [-0.15, -0.1) is 0 Å². The maximum absolute atomic E-state index is 12.9. The Morgan fingerprint density at radius 2 is 2.03 bits per heavy atom. The van der Waals surface area contributed by atoms with Crippen LogP contribution < -0.4 is 0 Å². The van der Waals surface area contributed by atoms with Gasteiger partial charge in [-0.05, 0) is 36.8 Å². The molecule has 2 aromatic heterocycles. The lowest BCUT2D eigenvalue weighted by molar-refractivity contribution is -0.131. The predicted molar refractivity (Wildman–Crippen MR) is 107 cm³/mol. The molecule has 0 amide bonds. The molecule has 6 heteroatoms. The van der Waals surface area contributed by atoms with Gasteiger partial charge >= 0.3 is 0 Å². The number of hydrogen-bond donors (Lipinski definition) is 1. The zero-order valence-electron chi connectivity index (χ0n) is 16.2. The highest BCUT2D eigenvalue weighted by Crippen LogP contribution is 2.56. The van der Waals surface area contributed by atoms with Crippen molar-refractivity contribution in [2.75, 3.05) is 0 Å². The molecule has 5 rings (SSSR count). The van der Waals surface area contributed by atoms with Crippen molar-refractivity contribution in [1.82, 2.24) is 20.4 Å². The summed E-state index contributed by atoms with van der Waals surface area (Å²) < 4.78 is 0. The fourth-order valence-corrected chi connectivity index (χ4v) is 5.55. The third-order valence-corrected chi connectivity index (χ3v) is 6.87. The van der Waals surface area contributed by atoms with Crippen molar-refractivity contribution < 1.29 is 4.79 Å². The van der Waals surface area contributed by atoms with Crippen molar-refractivity contribution in [3.8, 4) is 17.3 Å². The Hall–Kier alpha value is -3.33. The van der Waals surface area contributed by atoms with Gasteiger partial charge in [-0.25, -0.2) is 0 Å². The molecule has 1 saturated carbocycles. The number of ketones is 1. The average molecular weight is 383 g/mol. The summed E-state index contributed by atoms with van der Waals surface area (Å²) in [6.07, 6.45) is 5.62. The Bertz CT molecular complexity index is 1100. The summed E-state index contributed by atoms with van der Waals surface area (Å²) in [5.74, 6) is -0.595. The molecule has 0 aliphatic heterocycles. The first kappa shape index (κ1) is 17.7. The van der Waals surface area contributed by atoms with Crippen LogP contribution in [0.3, 0.4) is 0 Å². The molecule has 0 radical (unpaired) electrons. The zero-order valence-corrected chi connectivity index (χ0v) is 16.2. The van der Waals surface area contributed by atoms with E-state index in [1.165, 1.54) is 0 Å². The van der Waals surface area contributed by atoms with Gasteiger partial charge in [0.25, 0.3) is 0 Å². The van der Waals surface area contributed by atoms with E-state index in [0.717, 1.165) is 40.9 Å². The van der Waals surface area contributed by atoms with Crippen LogP contribution >= 0.6 is 0 Å². The smallest absolute Gasteiger partial charge is 0.153 e. The van der Waals surface area contributed by atoms with Crippen LogP contribution in [0.25, 0.3) is 11.3 Å². The summed E-state index contributed by atoms with van der Waals surface area (Å²) in [4.78, 5) is 12.9. The topological polar surface area (TPSA) is 95.3 Å². The molecule has 29 heavy (non-hydrogen) atoms. The number of H-pyrrole nitrogens is 1. The van der Waals surface area contributed by atoms with Gasteiger partial charge in [-0.2, -0.15) is 20.6 Å². The molecule has 2 aliphatic carbocycles. The fourth-order valence-electron chi connectivity index (χ4n) is 5.55. The molecule has 2 aliphatic rings. The molecule has 0 saturated heterocycles. The van der Waals surface area contributed by atoms with Gasteiger partial charge in [0.1, 0.15) is 5.92 Å². The SMILES string of the molecule is C[C@@H]1C(=O)C(C#N)C[C@@]2(c3ccccc3)c3n[nH]c(-c4ccnnc4)c3CC[C@@H]12. The first-order chi connectivity index (χ1) is 14.2. The first-order valence-electron chi connectivity index (χ1n) is 10.0. The van der Waals surface area contributed by atoms with E-state index in [9.17, 15) is 10.1 Å². The van der Waals surface area contributed by atoms with E-state index >= 15 is 0 Å². The Morgan fingerprint density at radius 3 is 2.76 bits per heavy atom. The standard InChI is InChI=1S/C23H21N5O/c1-14-19-8-7-18-20(15-9-10-25-26-13-15)27-28-22(18)23(19,11-16(12-24)21(14)29)17-5-3-2-4-6-17/h2-6,9-10,13-14,16,19H,7-8,11H2,1H3,(H,27,28)/t14-,16?,19-,23-/m0/s1. The Balaban J connectivity index is 1.76. The van der Waals surface area contributed by atoms with Crippen molar-refractivity contribution >= 4 is 5.78 Å². The third-order valence-electron chi connectivity index (χ3n) is 6.87. The highest BCUT2D eigenvalue weighted by atomic mass is 16.1. The van der Waals surface area contributed by atoms with E-state index in [1.54, 1.807) is 12.4 Å². The lowest BCUT2D eigenvalue weighted by Crippen LogP contribution is -2.52. The summed E-state index contributed by atoms with van der Waals surface area (Å²) in [6.45, 7) is 1.99. The minimum Gasteiger partial charge on any atom is -0.298 e. The third kappa shape index (κ3) is 2.47. The molecule has 1 aromatic carbocycles. The number of aromatic amines is 1. The van der Waals surface area contributed by atoms with Crippen LogP contribution in [0.1, 0.15) is 36.6 Å². The van der Waals surface area contributed by atoms with E-state index in [1.807, 2.05) is 31.2 Å². The number of rotatable bonds is 2. The number of nitrogens with one attached hydrogen (secondary N) is 1. The highest BCUT2D eigenvalue weighted by Gasteiger charge is 2.56. The number of nitriles is 1. The lowest BCUT2D eigenvalue weighted by Gasteiger charge is -2.50. The number of aromatic nitrogens is 4. The van der Waals surface area contributed by atoms with E-state index in [4.69, 9.17) is 5.10 Å². The number of Topliss-reactive ketones (excluding diaryl/α,β-unsaturated/α-hetero) is 1. The average Bonchev–Trinajstić information content (AvgIpc) is 3.22. The molecular weight excluding hydrogens is 362 g/mol.